The zero-order valence-electron chi connectivity index (χ0n) is 10.1. The third-order valence-corrected chi connectivity index (χ3v) is 3.21. The Morgan fingerprint density at radius 1 is 1.00 bits per heavy atom. The van der Waals surface area contributed by atoms with Crippen LogP contribution in [0.25, 0.3) is 10.8 Å². The standard InChI is InChI=1S/C15H15N3/c16-10-14-8-9-17-18(14)11-13-6-3-5-12-4-1-2-7-15(12)13/h1-9H,10-11,16H2. The number of rotatable bonds is 3. The van der Waals surface area contributed by atoms with Gasteiger partial charge in [0.05, 0.1) is 12.2 Å². The normalized spacial score (nSPS) is 10.9. The molecule has 0 amide bonds. The van der Waals surface area contributed by atoms with Gasteiger partial charge in [-0.15, -0.1) is 0 Å². The molecular weight excluding hydrogens is 222 g/mol. The first-order valence-corrected chi connectivity index (χ1v) is 6.06. The van der Waals surface area contributed by atoms with Gasteiger partial charge in [-0.2, -0.15) is 5.10 Å². The van der Waals surface area contributed by atoms with Crippen molar-refractivity contribution < 1.29 is 0 Å². The molecule has 0 aliphatic carbocycles. The van der Waals surface area contributed by atoms with Crippen LogP contribution in [0.2, 0.25) is 0 Å². The van der Waals surface area contributed by atoms with Gasteiger partial charge in [-0.05, 0) is 22.4 Å². The highest BCUT2D eigenvalue weighted by Gasteiger charge is 2.04. The highest BCUT2D eigenvalue weighted by atomic mass is 15.3. The molecule has 0 aliphatic rings. The number of aromatic nitrogens is 2. The summed E-state index contributed by atoms with van der Waals surface area (Å²) in [6, 6.07) is 16.7. The molecule has 0 aliphatic heterocycles. The van der Waals surface area contributed by atoms with E-state index in [1.165, 1.54) is 16.3 Å². The van der Waals surface area contributed by atoms with E-state index in [-0.39, 0.29) is 0 Å². The van der Waals surface area contributed by atoms with Crippen molar-refractivity contribution in [2.45, 2.75) is 13.1 Å². The molecule has 0 saturated carbocycles. The molecule has 3 nitrogen and oxygen atoms in total. The van der Waals surface area contributed by atoms with E-state index in [1.807, 2.05) is 10.7 Å². The third-order valence-electron chi connectivity index (χ3n) is 3.21. The molecule has 0 bridgehead atoms. The lowest BCUT2D eigenvalue weighted by Crippen LogP contribution is -2.09. The van der Waals surface area contributed by atoms with Crippen molar-refractivity contribution in [2.24, 2.45) is 5.73 Å². The molecule has 0 fully saturated rings. The number of benzene rings is 2. The van der Waals surface area contributed by atoms with Crippen LogP contribution in [0.15, 0.2) is 54.7 Å². The van der Waals surface area contributed by atoms with Gasteiger partial charge in [-0.3, -0.25) is 4.68 Å². The van der Waals surface area contributed by atoms with Crippen molar-refractivity contribution in [1.29, 1.82) is 0 Å². The third kappa shape index (κ3) is 1.89. The molecule has 0 radical (unpaired) electrons. The molecule has 2 aromatic carbocycles. The van der Waals surface area contributed by atoms with Crippen molar-refractivity contribution in [1.82, 2.24) is 9.78 Å². The first kappa shape index (κ1) is 11.0. The molecule has 1 aromatic heterocycles. The molecule has 0 atom stereocenters. The number of hydrogen-bond donors (Lipinski definition) is 1. The summed E-state index contributed by atoms with van der Waals surface area (Å²) in [4.78, 5) is 0. The van der Waals surface area contributed by atoms with Crippen LogP contribution < -0.4 is 5.73 Å². The molecule has 3 aromatic rings. The van der Waals surface area contributed by atoms with Crippen molar-refractivity contribution >= 4 is 10.8 Å². The van der Waals surface area contributed by atoms with E-state index in [0.29, 0.717) is 6.54 Å². The maximum Gasteiger partial charge on any atom is 0.0669 e. The number of hydrogen-bond acceptors (Lipinski definition) is 2. The Morgan fingerprint density at radius 3 is 2.72 bits per heavy atom. The lowest BCUT2D eigenvalue weighted by molar-refractivity contribution is 0.648. The summed E-state index contributed by atoms with van der Waals surface area (Å²) in [7, 11) is 0. The highest BCUT2D eigenvalue weighted by Crippen LogP contribution is 2.19. The summed E-state index contributed by atoms with van der Waals surface area (Å²) in [5.74, 6) is 0. The Bertz CT molecular complexity index is 665. The highest BCUT2D eigenvalue weighted by molar-refractivity contribution is 5.85. The molecule has 0 spiro atoms. The van der Waals surface area contributed by atoms with E-state index in [4.69, 9.17) is 5.73 Å². The molecule has 3 heteroatoms. The summed E-state index contributed by atoms with van der Waals surface area (Å²) in [5.41, 5.74) is 8.03. The first-order valence-electron chi connectivity index (χ1n) is 6.06. The van der Waals surface area contributed by atoms with Crippen molar-refractivity contribution in [3.63, 3.8) is 0 Å². The van der Waals surface area contributed by atoms with Gasteiger partial charge in [-0.25, -0.2) is 0 Å². The first-order chi connectivity index (χ1) is 8.88. The second-order valence-electron chi connectivity index (χ2n) is 4.32. The summed E-state index contributed by atoms with van der Waals surface area (Å²) >= 11 is 0. The Kier molecular flexibility index (Phi) is 2.82. The minimum atomic E-state index is 0.519. The van der Waals surface area contributed by atoms with Crippen LogP contribution >= 0.6 is 0 Å². The number of nitrogens with two attached hydrogens (primary N) is 1. The van der Waals surface area contributed by atoms with E-state index in [2.05, 4.69) is 47.6 Å². The monoisotopic (exact) mass is 237 g/mol. The second-order valence-corrected chi connectivity index (χ2v) is 4.32. The van der Waals surface area contributed by atoms with E-state index < -0.39 is 0 Å². The summed E-state index contributed by atoms with van der Waals surface area (Å²) in [6.45, 7) is 1.28. The zero-order valence-corrected chi connectivity index (χ0v) is 10.1. The maximum atomic E-state index is 5.70. The minimum absolute atomic E-state index is 0.519. The van der Waals surface area contributed by atoms with Gasteiger partial charge < -0.3 is 5.73 Å². The predicted octanol–water partition coefficient (Wildman–Crippen LogP) is 2.54. The molecule has 1 heterocycles. The number of fused-ring (bicyclic) bond motifs is 1. The topological polar surface area (TPSA) is 43.8 Å². The molecular formula is C15H15N3. The fourth-order valence-corrected chi connectivity index (χ4v) is 2.27. The van der Waals surface area contributed by atoms with E-state index in [9.17, 15) is 0 Å². The van der Waals surface area contributed by atoms with Gasteiger partial charge >= 0.3 is 0 Å². The van der Waals surface area contributed by atoms with Gasteiger partial charge in [0, 0.05) is 12.7 Å². The van der Waals surface area contributed by atoms with Crippen molar-refractivity contribution in [3.8, 4) is 0 Å². The Hall–Kier alpha value is -2.13. The van der Waals surface area contributed by atoms with Crippen LogP contribution in [-0.4, -0.2) is 9.78 Å². The van der Waals surface area contributed by atoms with Crippen molar-refractivity contribution in [2.75, 3.05) is 0 Å². The second kappa shape index (κ2) is 4.63. The van der Waals surface area contributed by atoms with Crippen LogP contribution in [0.1, 0.15) is 11.3 Å². The smallest absolute Gasteiger partial charge is 0.0669 e. The van der Waals surface area contributed by atoms with Gasteiger partial charge in [0.25, 0.3) is 0 Å². The lowest BCUT2D eigenvalue weighted by atomic mass is 10.0. The average molecular weight is 237 g/mol. The lowest BCUT2D eigenvalue weighted by Gasteiger charge is -2.09. The Balaban J connectivity index is 2.05. The van der Waals surface area contributed by atoms with Crippen LogP contribution in [0, 0.1) is 0 Å². The zero-order chi connectivity index (χ0) is 12.4. The Morgan fingerprint density at radius 2 is 1.83 bits per heavy atom. The summed E-state index contributed by atoms with van der Waals surface area (Å²) < 4.78 is 1.96. The maximum absolute atomic E-state index is 5.70. The summed E-state index contributed by atoms with van der Waals surface area (Å²) in [5, 5.41) is 6.86. The largest absolute Gasteiger partial charge is 0.325 e. The molecule has 18 heavy (non-hydrogen) atoms. The number of nitrogens with zero attached hydrogens (tertiary/aromatic N) is 2. The quantitative estimate of drug-likeness (QED) is 0.760. The fraction of sp³-hybridized carbons (Fsp3) is 0.133. The van der Waals surface area contributed by atoms with Gasteiger partial charge in [-0.1, -0.05) is 42.5 Å². The molecule has 0 unspecified atom stereocenters. The van der Waals surface area contributed by atoms with Crippen LogP contribution in [0.3, 0.4) is 0 Å². The molecule has 2 N–H and O–H groups in total. The fourth-order valence-electron chi connectivity index (χ4n) is 2.27. The van der Waals surface area contributed by atoms with Gasteiger partial charge in [0.2, 0.25) is 0 Å². The van der Waals surface area contributed by atoms with E-state index in [1.54, 1.807) is 6.20 Å². The summed E-state index contributed by atoms with van der Waals surface area (Å²) in [6.07, 6.45) is 1.80. The van der Waals surface area contributed by atoms with Gasteiger partial charge in [0.15, 0.2) is 0 Å². The van der Waals surface area contributed by atoms with Crippen LogP contribution in [0.5, 0.6) is 0 Å². The van der Waals surface area contributed by atoms with Crippen molar-refractivity contribution in [3.05, 3.63) is 66.0 Å². The van der Waals surface area contributed by atoms with E-state index in [0.717, 1.165) is 12.2 Å². The van der Waals surface area contributed by atoms with Gasteiger partial charge in [0.1, 0.15) is 0 Å². The molecule has 90 valence electrons. The van der Waals surface area contributed by atoms with Crippen LogP contribution in [0.4, 0.5) is 0 Å². The average Bonchev–Trinajstić information content (AvgIpc) is 2.86. The Labute approximate surface area is 106 Å². The molecule has 3 rings (SSSR count). The minimum Gasteiger partial charge on any atom is -0.325 e. The van der Waals surface area contributed by atoms with E-state index >= 15 is 0 Å². The SMILES string of the molecule is NCc1ccnn1Cc1cccc2ccccc12. The molecule has 0 saturated heterocycles. The predicted molar refractivity (Wildman–Crippen MR) is 73.2 cm³/mol. The van der Waals surface area contributed by atoms with Crippen LogP contribution in [-0.2, 0) is 13.1 Å².